The van der Waals surface area contributed by atoms with Crippen LogP contribution in [0.2, 0.25) is 0 Å². The molecule has 1 aliphatic heterocycles. The number of benzene rings is 2. The molecule has 4 aromatic rings. The number of nitrogens with one attached hydrogen (secondary N) is 1. The van der Waals surface area contributed by atoms with Crippen LogP contribution in [0.1, 0.15) is 24.2 Å². The first-order valence-electron chi connectivity index (χ1n) is 10.8. The second kappa shape index (κ2) is 8.65. The van der Waals surface area contributed by atoms with E-state index in [0.29, 0.717) is 17.8 Å². The molecular formula is C25H26N4OS. The molecule has 0 atom stereocenters. The summed E-state index contributed by atoms with van der Waals surface area (Å²) in [5, 5.41) is 2.71. The van der Waals surface area contributed by atoms with E-state index in [0.717, 1.165) is 35.6 Å². The van der Waals surface area contributed by atoms with Gasteiger partial charge in [-0.3, -0.25) is 9.69 Å². The van der Waals surface area contributed by atoms with Gasteiger partial charge in [-0.2, -0.15) is 0 Å². The van der Waals surface area contributed by atoms with E-state index < -0.39 is 0 Å². The molecule has 0 saturated carbocycles. The van der Waals surface area contributed by atoms with Gasteiger partial charge < -0.3 is 9.88 Å². The first-order chi connectivity index (χ1) is 15.2. The normalized spacial score (nSPS) is 14.1. The van der Waals surface area contributed by atoms with Crippen molar-refractivity contribution in [2.24, 2.45) is 0 Å². The van der Waals surface area contributed by atoms with Crippen molar-refractivity contribution >= 4 is 27.2 Å². The molecule has 2 aromatic heterocycles. The molecule has 0 unspecified atom stereocenters. The molecule has 1 fully saturated rings. The number of fused-ring (bicyclic) bond motifs is 1. The zero-order valence-electron chi connectivity index (χ0n) is 17.7. The van der Waals surface area contributed by atoms with Crippen LogP contribution in [0.25, 0.3) is 21.3 Å². The van der Waals surface area contributed by atoms with Gasteiger partial charge in [-0.1, -0.05) is 48.5 Å². The van der Waals surface area contributed by atoms with E-state index in [1.807, 2.05) is 35.7 Å². The number of aromatic amines is 1. The van der Waals surface area contributed by atoms with Crippen molar-refractivity contribution in [1.29, 1.82) is 0 Å². The summed E-state index contributed by atoms with van der Waals surface area (Å²) in [5.41, 5.74) is 4.58. The second-order valence-corrected chi connectivity index (χ2v) is 9.06. The number of anilines is 1. The molecule has 0 aliphatic carbocycles. The fourth-order valence-corrected chi connectivity index (χ4v) is 5.38. The molecule has 0 amide bonds. The van der Waals surface area contributed by atoms with Crippen molar-refractivity contribution in [2.45, 2.75) is 25.9 Å². The maximum atomic E-state index is 12.9. The lowest BCUT2D eigenvalue weighted by Gasteiger charge is -2.24. The van der Waals surface area contributed by atoms with Gasteiger partial charge in [-0.05, 0) is 37.1 Å². The Hall–Kier alpha value is -2.96. The molecule has 3 heterocycles. The third kappa shape index (κ3) is 4.13. The Morgan fingerprint density at radius 1 is 1.03 bits per heavy atom. The van der Waals surface area contributed by atoms with Crippen LogP contribution in [-0.2, 0) is 13.1 Å². The van der Waals surface area contributed by atoms with Gasteiger partial charge in [0, 0.05) is 36.3 Å². The molecule has 5 rings (SSSR count). The van der Waals surface area contributed by atoms with Gasteiger partial charge >= 0.3 is 0 Å². The van der Waals surface area contributed by atoms with Gasteiger partial charge in [-0.15, -0.1) is 11.3 Å². The number of rotatable bonds is 6. The minimum Gasteiger partial charge on any atom is -0.371 e. The van der Waals surface area contributed by atoms with Gasteiger partial charge in [0.1, 0.15) is 10.7 Å². The molecule has 31 heavy (non-hydrogen) atoms. The number of thiophene rings is 1. The van der Waals surface area contributed by atoms with Crippen molar-refractivity contribution in [2.75, 3.05) is 25.0 Å². The predicted molar refractivity (Wildman–Crippen MR) is 129 cm³/mol. The summed E-state index contributed by atoms with van der Waals surface area (Å²) in [4.78, 5) is 26.2. The molecule has 0 bridgehead atoms. The summed E-state index contributed by atoms with van der Waals surface area (Å²) >= 11 is 1.53. The Morgan fingerprint density at radius 3 is 2.58 bits per heavy atom. The minimum atomic E-state index is -0.0639. The Balaban J connectivity index is 1.37. The quantitative estimate of drug-likeness (QED) is 0.473. The Labute approximate surface area is 186 Å². The van der Waals surface area contributed by atoms with Crippen LogP contribution < -0.4 is 10.5 Å². The van der Waals surface area contributed by atoms with E-state index >= 15 is 0 Å². The monoisotopic (exact) mass is 430 g/mol. The molecule has 1 saturated heterocycles. The van der Waals surface area contributed by atoms with Crippen LogP contribution >= 0.6 is 11.3 Å². The highest BCUT2D eigenvalue weighted by Crippen LogP contribution is 2.30. The van der Waals surface area contributed by atoms with E-state index in [-0.39, 0.29) is 5.56 Å². The van der Waals surface area contributed by atoms with E-state index in [4.69, 9.17) is 4.98 Å². The third-order valence-corrected chi connectivity index (χ3v) is 6.75. The van der Waals surface area contributed by atoms with Crippen LogP contribution in [-0.4, -0.2) is 35.0 Å². The van der Waals surface area contributed by atoms with Gasteiger partial charge in [-0.25, -0.2) is 4.98 Å². The highest BCUT2D eigenvalue weighted by atomic mass is 32.1. The van der Waals surface area contributed by atoms with Crippen LogP contribution in [0.3, 0.4) is 0 Å². The van der Waals surface area contributed by atoms with Gasteiger partial charge in [0.15, 0.2) is 0 Å². The summed E-state index contributed by atoms with van der Waals surface area (Å²) in [6.07, 6.45) is 2.53. The SMILES string of the molecule is CN(Cc1nc2scc(-c3ccccc3)c2c(=O)[nH]1)Cc1ccccc1N1CCCC1. The first-order valence-corrected chi connectivity index (χ1v) is 11.6. The summed E-state index contributed by atoms with van der Waals surface area (Å²) in [5.74, 6) is 0.708. The molecule has 1 aliphatic rings. The molecule has 1 N–H and O–H groups in total. The smallest absolute Gasteiger partial charge is 0.260 e. The Morgan fingerprint density at radius 2 is 1.77 bits per heavy atom. The van der Waals surface area contributed by atoms with Crippen LogP contribution in [0.15, 0.2) is 64.8 Å². The molecule has 2 aromatic carbocycles. The molecule has 6 heteroatoms. The number of H-pyrrole nitrogens is 1. The van der Waals surface area contributed by atoms with Crippen LogP contribution in [0.4, 0.5) is 5.69 Å². The minimum absolute atomic E-state index is 0.0639. The molecule has 158 valence electrons. The Kier molecular flexibility index (Phi) is 5.57. The average molecular weight is 431 g/mol. The maximum absolute atomic E-state index is 12.9. The molecule has 5 nitrogen and oxygen atoms in total. The van der Waals surface area contributed by atoms with Gasteiger partial charge in [0.2, 0.25) is 0 Å². The zero-order valence-corrected chi connectivity index (χ0v) is 18.5. The highest BCUT2D eigenvalue weighted by Gasteiger charge is 2.17. The fraction of sp³-hybridized carbons (Fsp3) is 0.280. The predicted octanol–water partition coefficient (Wildman–Crippen LogP) is 4.88. The van der Waals surface area contributed by atoms with E-state index in [2.05, 4.69) is 46.1 Å². The molecular weight excluding hydrogens is 404 g/mol. The van der Waals surface area contributed by atoms with E-state index in [1.54, 1.807) is 0 Å². The number of para-hydroxylation sites is 1. The number of aromatic nitrogens is 2. The number of hydrogen-bond donors (Lipinski definition) is 1. The molecule has 0 spiro atoms. The molecule has 0 radical (unpaired) electrons. The second-order valence-electron chi connectivity index (χ2n) is 8.20. The summed E-state index contributed by atoms with van der Waals surface area (Å²) in [6.45, 7) is 3.68. The van der Waals surface area contributed by atoms with Crippen LogP contribution in [0.5, 0.6) is 0 Å². The standard InChI is InChI=1S/C25H26N4OS/c1-28(15-19-11-5-6-12-21(19)29-13-7-8-14-29)16-22-26-24(30)23-20(17-31-25(23)27-22)18-9-3-2-4-10-18/h2-6,9-12,17H,7-8,13-16H2,1H3,(H,26,27,30). The fourth-order valence-electron chi connectivity index (χ4n) is 4.41. The summed E-state index contributed by atoms with van der Waals surface area (Å²) in [6, 6.07) is 18.7. The summed E-state index contributed by atoms with van der Waals surface area (Å²) in [7, 11) is 2.08. The van der Waals surface area contributed by atoms with Crippen LogP contribution in [0, 0.1) is 0 Å². The maximum Gasteiger partial charge on any atom is 0.260 e. The number of nitrogens with zero attached hydrogens (tertiary/aromatic N) is 3. The third-order valence-electron chi connectivity index (χ3n) is 5.88. The van der Waals surface area contributed by atoms with Crippen molar-refractivity contribution in [1.82, 2.24) is 14.9 Å². The van der Waals surface area contributed by atoms with Crippen molar-refractivity contribution in [3.8, 4) is 11.1 Å². The lowest BCUT2D eigenvalue weighted by Crippen LogP contribution is -2.24. The topological polar surface area (TPSA) is 52.2 Å². The largest absolute Gasteiger partial charge is 0.371 e. The van der Waals surface area contributed by atoms with Crippen molar-refractivity contribution in [3.05, 3.63) is 81.7 Å². The van der Waals surface area contributed by atoms with Gasteiger partial charge in [0.05, 0.1) is 11.9 Å². The van der Waals surface area contributed by atoms with Crippen molar-refractivity contribution in [3.63, 3.8) is 0 Å². The van der Waals surface area contributed by atoms with E-state index in [1.165, 1.54) is 35.4 Å². The lowest BCUT2D eigenvalue weighted by molar-refractivity contribution is 0.311. The highest BCUT2D eigenvalue weighted by molar-refractivity contribution is 7.17. The van der Waals surface area contributed by atoms with Gasteiger partial charge in [0.25, 0.3) is 5.56 Å². The van der Waals surface area contributed by atoms with E-state index in [9.17, 15) is 4.79 Å². The van der Waals surface area contributed by atoms with Crippen molar-refractivity contribution < 1.29 is 0 Å². The zero-order chi connectivity index (χ0) is 21.2. The lowest BCUT2D eigenvalue weighted by atomic mass is 10.1. The first kappa shape index (κ1) is 20.0. The summed E-state index contributed by atoms with van der Waals surface area (Å²) < 4.78 is 0. The Bertz CT molecular complexity index is 1240. The average Bonchev–Trinajstić information content (AvgIpc) is 3.45. The number of hydrogen-bond acceptors (Lipinski definition) is 5.